The highest BCUT2D eigenvalue weighted by atomic mass is 32.1. The van der Waals surface area contributed by atoms with E-state index in [1.165, 1.54) is 11.3 Å². The number of nitrogens with zero attached hydrogens (tertiary/aromatic N) is 2. The molecule has 1 aliphatic carbocycles. The van der Waals surface area contributed by atoms with E-state index in [0.29, 0.717) is 11.4 Å². The lowest BCUT2D eigenvalue weighted by atomic mass is 10.1. The van der Waals surface area contributed by atoms with Crippen LogP contribution in [-0.4, -0.2) is 40.0 Å². The van der Waals surface area contributed by atoms with E-state index in [1.54, 1.807) is 25.5 Å². The quantitative estimate of drug-likeness (QED) is 0.569. The molecule has 2 amide bonds. The summed E-state index contributed by atoms with van der Waals surface area (Å²) in [5.41, 5.74) is 0.280. The maximum Gasteiger partial charge on any atom is 0.341 e. The summed E-state index contributed by atoms with van der Waals surface area (Å²) in [5, 5.41) is 5.74. The van der Waals surface area contributed by atoms with Crippen LogP contribution in [0.4, 0.5) is 5.00 Å². The van der Waals surface area contributed by atoms with E-state index < -0.39 is 17.8 Å². The second-order valence-electron chi connectivity index (χ2n) is 6.57. The zero-order chi connectivity index (χ0) is 20.1. The lowest BCUT2D eigenvalue weighted by molar-refractivity contribution is -0.136. The van der Waals surface area contributed by atoms with Crippen LogP contribution in [0, 0.1) is 0 Å². The summed E-state index contributed by atoms with van der Waals surface area (Å²) in [6.07, 6.45) is 8.68. The summed E-state index contributed by atoms with van der Waals surface area (Å²) in [7, 11) is 0. The van der Waals surface area contributed by atoms with Crippen molar-refractivity contribution < 1.29 is 19.1 Å². The van der Waals surface area contributed by atoms with Crippen LogP contribution in [0.2, 0.25) is 0 Å². The van der Waals surface area contributed by atoms with Crippen LogP contribution in [0.25, 0.3) is 0 Å². The molecule has 1 saturated carbocycles. The van der Waals surface area contributed by atoms with Gasteiger partial charge in [0.2, 0.25) is 0 Å². The number of ether oxygens (including phenoxy) is 1. The zero-order valence-electron chi connectivity index (χ0n) is 15.9. The van der Waals surface area contributed by atoms with Crippen molar-refractivity contribution in [1.82, 2.24) is 14.9 Å². The van der Waals surface area contributed by atoms with E-state index in [4.69, 9.17) is 4.74 Å². The molecule has 28 heavy (non-hydrogen) atoms. The van der Waals surface area contributed by atoms with Gasteiger partial charge in [-0.25, -0.2) is 9.78 Å². The van der Waals surface area contributed by atoms with Gasteiger partial charge in [-0.3, -0.25) is 9.59 Å². The molecule has 0 saturated heterocycles. The van der Waals surface area contributed by atoms with Crippen LogP contribution in [0.3, 0.4) is 0 Å². The highest BCUT2D eigenvalue weighted by Gasteiger charge is 2.31. The molecule has 1 fully saturated rings. The predicted molar refractivity (Wildman–Crippen MR) is 105 cm³/mol. The lowest BCUT2D eigenvalue weighted by Crippen LogP contribution is -2.43. The Balaban J connectivity index is 1.67. The van der Waals surface area contributed by atoms with Gasteiger partial charge in [-0.05, 0) is 38.7 Å². The average Bonchev–Trinajstić information content (AvgIpc) is 3.42. The van der Waals surface area contributed by atoms with E-state index in [1.807, 2.05) is 17.7 Å². The highest BCUT2D eigenvalue weighted by Crippen LogP contribution is 2.31. The number of amides is 2. The first kappa shape index (κ1) is 20.1. The topological polar surface area (TPSA) is 102 Å². The Kier molecular flexibility index (Phi) is 6.45. The van der Waals surface area contributed by atoms with E-state index >= 15 is 0 Å². The normalized spacial score (nSPS) is 18.6. The molecule has 2 N–H and O–H groups in total. The number of rotatable bonds is 6. The van der Waals surface area contributed by atoms with Gasteiger partial charge in [0, 0.05) is 17.3 Å². The second-order valence-corrected chi connectivity index (χ2v) is 7.71. The molecule has 8 nitrogen and oxygen atoms in total. The molecule has 9 heteroatoms. The molecule has 0 aromatic carbocycles. The molecule has 2 atom stereocenters. The number of carbonyl (C=O) groups is 3. The second kappa shape index (κ2) is 9.01. The van der Waals surface area contributed by atoms with Crippen LogP contribution in [0.1, 0.15) is 54.4 Å². The fraction of sp³-hybridized carbons (Fsp3) is 0.474. The third-order valence-electron chi connectivity index (χ3n) is 4.76. The average molecular weight is 404 g/mol. The number of esters is 1. The number of hydrogen-bond donors (Lipinski definition) is 2. The van der Waals surface area contributed by atoms with Gasteiger partial charge in [-0.1, -0.05) is 6.92 Å². The highest BCUT2D eigenvalue weighted by molar-refractivity contribution is 7.16. The van der Waals surface area contributed by atoms with Crippen molar-refractivity contribution in [2.45, 2.75) is 51.6 Å². The molecule has 3 rings (SSSR count). The fourth-order valence-electron chi connectivity index (χ4n) is 3.39. The van der Waals surface area contributed by atoms with Crippen molar-refractivity contribution in [1.29, 1.82) is 0 Å². The van der Waals surface area contributed by atoms with E-state index in [9.17, 15) is 14.4 Å². The Labute approximate surface area is 167 Å². The van der Waals surface area contributed by atoms with Crippen molar-refractivity contribution in [3.05, 3.63) is 35.2 Å². The third-order valence-corrected chi connectivity index (χ3v) is 5.96. The maximum atomic E-state index is 12.4. The van der Waals surface area contributed by atoms with Crippen molar-refractivity contribution in [2.75, 3.05) is 11.9 Å². The van der Waals surface area contributed by atoms with Gasteiger partial charge in [0.15, 0.2) is 0 Å². The number of aryl methyl sites for hydroxylation is 1. The SMILES string of the molecule is CCOC(=O)c1cc(CC)sc1NC(=O)C(=O)N[C@H]1CCC[C@@H]1n1ccnc1. The minimum Gasteiger partial charge on any atom is -0.462 e. The van der Waals surface area contributed by atoms with E-state index in [2.05, 4.69) is 15.6 Å². The molecule has 2 aromatic rings. The summed E-state index contributed by atoms with van der Waals surface area (Å²) >= 11 is 1.28. The summed E-state index contributed by atoms with van der Waals surface area (Å²) in [5.74, 6) is -2.00. The summed E-state index contributed by atoms with van der Waals surface area (Å²) in [6.45, 7) is 3.91. The molecule has 0 spiro atoms. The molecule has 0 unspecified atom stereocenters. The van der Waals surface area contributed by atoms with Gasteiger partial charge in [-0.2, -0.15) is 0 Å². The summed E-state index contributed by atoms with van der Waals surface area (Å²) < 4.78 is 7.00. The van der Waals surface area contributed by atoms with Gasteiger partial charge in [0.25, 0.3) is 0 Å². The minimum atomic E-state index is -0.786. The Hall–Kier alpha value is -2.68. The number of carbonyl (C=O) groups excluding carboxylic acids is 3. The van der Waals surface area contributed by atoms with Crippen molar-refractivity contribution in [3.8, 4) is 0 Å². The Bertz CT molecular complexity index is 846. The minimum absolute atomic E-state index is 0.0859. The largest absolute Gasteiger partial charge is 0.462 e. The van der Waals surface area contributed by atoms with Crippen molar-refractivity contribution in [2.24, 2.45) is 0 Å². The van der Waals surface area contributed by atoms with Gasteiger partial charge in [0.05, 0.1) is 30.6 Å². The number of imidazole rings is 1. The zero-order valence-corrected chi connectivity index (χ0v) is 16.8. The van der Waals surface area contributed by atoms with Gasteiger partial charge in [-0.15, -0.1) is 11.3 Å². The molecule has 150 valence electrons. The Morgan fingerprint density at radius 3 is 2.79 bits per heavy atom. The first-order valence-corrected chi connectivity index (χ1v) is 10.2. The summed E-state index contributed by atoms with van der Waals surface area (Å²) in [4.78, 5) is 42.0. The number of thiophene rings is 1. The van der Waals surface area contributed by atoms with Crippen LogP contribution >= 0.6 is 11.3 Å². The molecule has 0 aliphatic heterocycles. The van der Waals surface area contributed by atoms with Crippen molar-refractivity contribution in [3.63, 3.8) is 0 Å². The molecule has 1 aliphatic rings. The van der Waals surface area contributed by atoms with Crippen LogP contribution in [-0.2, 0) is 20.7 Å². The van der Waals surface area contributed by atoms with E-state index in [0.717, 1.165) is 24.1 Å². The molecule has 2 heterocycles. The molecular formula is C19H24N4O4S. The number of aromatic nitrogens is 2. The molecule has 2 aromatic heterocycles. The number of hydrogen-bond acceptors (Lipinski definition) is 6. The fourth-order valence-corrected chi connectivity index (χ4v) is 4.37. The number of anilines is 1. The molecule has 0 bridgehead atoms. The monoisotopic (exact) mass is 404 g/mol. The number of nitrogens with one attached hydrogen (secondary N) is 2. The third kappa shape index (κ3) is 4.41. The molecular weight excluding hydrogens is 380 g/mol. The first-order chi connectivity index (χ1) is 13.5. The summed E-state index contributed by atoms with van der Waals surface area (Å²) in [6, 6.07) is 1.65. The van der Waals surface area contributed by atoms with Crippen LogP contribution < -0.4 is 10.6 Å². The maximum absolute atomic E-state index is 12.4. The van der Waals surface area contributed by atoms with Gasteiger partial charge in [0.1, 0.15) is 5.00 Å². The Morgan fingerprint density at radius 1 is 1.29 bits per heavy atom. The first-order valence-electron chi connectivity index (χ1n) is 9.42. The van der Waals surface area contributed by atoms with Gasteiger partial charge < -0.3 is 19.9 Å². The Morgan fingerprint density at radius 2 is 2.11 bits per heavy atom. The standard InChI is InChI=1S/C19H24N4O4S/c1-3-12-10-13(19(26)27-4-2)18(28-12)22-17(25)16(24)21-14-6-5-7-15(14)23-9-8-20-11-23/h8-11,14-15H,3-7H2,1-2H3,(H,21,24)(H,22,25)/t14-,15-/m0/s1. The smallest absolute Gasteiger partial charge is 0.341 e. The lowest BCUT2D eigenvalue weighted by Gasteiger charge is -2.21. The molecule has 0 radical (unpaired) electrons. The van der Waals surface area contributed by atoms with Gasteiger partial charge >= 0.3 is 17.8 Å². The van der Waals surface area contributed by atoms with E-state index in [-0.39, 0.29) is 24.3 Å². The van der Waals surface area contributed by atoms with Crippen LogP contribution in [0.15, 0.2) is 24.8 Å². The predicted octanol–water partition coefficient (Wildman–Crippen LogP) is 2.53. The van der Waals surface area contributed by atoms with Crippen molar-refractivity contribution >= 4 is 34.1 Å². The van der Waals surface area contributed by atoms with Crippen LogP contribution in [0.5, 0.6) is 0 Å².